The average molecular weight is 432 g/mol. The molecule has 0 aromatic heterocycles. The summed E-state index contributed by atoms with van der Waals surface area (Å²) in [5.41, 5.74) is 2.64. The zero-order valence-corrected chi connectivity index (χ0v) is 18.8. The fourth-order valence-corrected chi connectivity index (χ4v) is 4.05. The van der Waals surface area contributed by atoms with Crippen LogP contribution in [0.4, 0.5) is 11.4 Å². The Morgan fingerprint density at radius 2 is 1.63 bits per heavy atom. The maximum Gasteiger partial charge on any atom is 0.253 e. The molecule has 8 heteroatoms. The van der Waals surface area contributed by atoms with Gasteiger partial charge >= 0.3 is 0 Å². The second-order valence-electron chi connectivity index (χ2n) is 7.39. The van der Waals surface area contributed by atoms with E-state index >= 15 is 0 Å². The molecule has 7 nitrogen and oxygen atoms in total. The molecular formula is C22H29N3O4S. The average Bonchev–Trinajstić information content (AvgIpc) is 2.66. The number of rotatable bonds is 8. The summed E-state index contributed by atoms with van der Waals surface area (Å²) in [6.07, 6.45) is 1.85. The van der Waals surface area contributed by atoms with Crippen molar-refractivity contribution in [2.24, 2.45) is 0 Å². The van der Waals surface area contributed by atoms with Crippen molar-refractivity contribution in [3.8, 4) is 0 Å². The standard InChI is InChI=1S/C22H29N3O4S/c1-6-17(4)23-22(27)18-12-7-8-13-19(18)24-20(26)14-25(30(5,28)29)21-15(2)10-9-11-16(21)3/h7-13,17H,6,14H2,1-5H3,(H,23,27)(H,24,26). The zero-order valence-electron chi connectivity index (χ0n) is 18.0. The molecule has 0 aliphatic carbocycles. The number of nitrogens with zero attached hydrogens (tertiary/aromatic N) is 1. The Morgan fingerprint density at radius 3 is 2.20 bits per heavy atom. The number of amides is 2. The van der Waals surface area contributed by atoms with Gasteiger partial charge in [0.05, 0.1) is 23.2 Å². The van der Waals surface area contributed by atoms with Crippen LogP contribution < -0.4 is 14.9 Å². The minimum Gasteiger partial charge on any atom is -0.350 e. The minimum absolute atomic E-state index is 0.00832. The Bertz CT molecular complexity index is 1010. The van der Waals surface area contributed by atoms with Crippen molar-refractivity contribution in [1.82, 2.24) is 5.32 Å². The highest BCUT2D eigenvalue weighted by molar-refractivity contribution is 7.92. The zero-order chi connectivity index (χ0) is 22.5. The molecule has 1 atom stereocenters. The lowest BCUT2D eigenvalue weighted by Crippen LogP contribution is -2.38. The van der Waals surface area contributed by atoms with Crippen LogP contribution in [0.25, 0.3) is 0 Å². The smallest absolute Gasteiger partial charge is 0.253 e. The van der Waals surface area contributed by atoms with E-state index in [1.54, 1.807) is 50.2 Å². The van der Waals surface area contributed by atoms with E-state index in [0.717, 1.165) is 28.1 Å². The predicted octanol–water partition coefficient (Wildman–Crippen LogP) is 3.24. The number of aryl methyl sites for hydroxylation is 2. The molecule has 2 rings (SSSR count). The highest BCUT2D eigenvalue weighted by Gasteiger charge is 2.24. The first-order valence-electron chi connectivity index (χ1n) is 9.78. The molecule has 2 amide bonds. The number of benzene rings is 2. The number of para-hydroxylation sites is 2. The van der Waals surface area contributed by atoms with Gasteiger partial charge in [-0.1, -0.05) is 37.3 Å². The normalized spacial score (nSPS) is 12.2. The predicted molar refractivity (Wildman–Crippen MR) is 120 cm³/mol. The van der Waals surface area contributed by atoms with E-state index in [-0.39, 0.29) is 11.9 Å². The number of carbonyl (C=O) groups is 2. The van der Waals surface area contributed by atoms with Gasteiger partial charge in [0, 0.05) is 6.04 Å². The third kappa shape index (κ3) is 5.82. The van der Waals surface area contributed by atoms with E-state index in [0.29, 0.717) is 16.9 Å². The summed E-state index contributed by atoms with van der Waals surface area (Å²) >= 11 is 0. The molecule has 0 aliphatic rings. The summed E-state index contributed by atoms with van der Waals surface area (Å²) in [4.78, 5) is 25.3. The van der Waals surface area contributed by atoms with E-state index in [2.05, 4.69) is 10.6 Å². The second kappa shape index (κ2) is 9.75. The Hall–Kier alpha value is -2.87. The molecule has 0 saturated heterocycles. The van der Waals surface area contributed by atoms with Gasteiger partial charge in [0.25, 0.3) is 5.91 Å². The first kappa shape index (κ1) is 23.4. The summed E-state index contributed by atoms with van der Waals surface area (Å²) < 4.78 is 26.0. The van der Waals surface area contributed by atoms with E-state index in [1.807, 2.05) is 19.9 Å². The summed E-state index contributed by atoms with van der Waals surface area (Å²) in [7, 11) is -3.70. The van der Waals surface area contributed by atoms with Crippen LogP contribution in [0.3, 0.4) is 0 Å². The Labute approximate surface area is 178 Å². The van der Waals surface area contributed by atoms with Gasteiger partial charge < -0.3 is 10.6 Å². The van der Waals surface area contributed by atoms with Gasteiger partial charge in [0.2, 0.25) is 15.9 Å². The van der Waals surface area contributed by atoms with Crippen molar-refractivity contribution in [3.05, 3.63) is 59.2 Å². The molecule has 2 aromatic rings. The lowest BCUT2D eigenvalue weighted by molar-refractivity contribution is -0.114. The van der Waals surface area contributed by atoms with Gasteiger partial charge in [-0.2, -0.15) is 0 Å². The van der Waals surface area contributed by atoms with Crippen LogP contribution in [0, 0.1) is 13.8 Å². The van der Waals surface area contributed by atoms with Gasteiger partial charge in [0.15, 0.2) is 0 Å². The maximum atomic E-state index is 12.8. The molecule has 0 fully saturated rings. The van der Waals surface area contributed by atoms with E-state index < -0.39 is 22.5 Å². The largest absolute Gasteiger partial charge is 0.350 e. The van der Waals surface area contributed by atoms with E-state index in [1.165, 1.54) is 0 Å². The van der Waals surface area contributed by atoms with Crippen molar-refractivity contribution in [2.45, 2.75) is 40.2 Å². The maximum absolute atomic E-state index is 12.8. The fraction of sp³-hybridized carbons (Fsp3) is 0.364. The van der Waals surface area contributed by atoms with Crippen molar-refractivity contribution in [1.29, 1.82) is 0 Å². The Kier molecular flexibility index (Phi) is 7.61. The Morgan fingerprint density at radius 1 is 1.03 bits per heavy atom. The molecule has 162 valence electrons. The number of hydrogen-bond acceptors (Lipinski definition) is 4. The quantitative estimate of drug-likeness (QED) is 0.671. The number of hydrogen-bond donors (Lipinski definition) is 2. The van der Waals surface area contributed by atoms with Crippen LogP contribution in [0.2, 0.25) is 0 Å². The third-order valence-electron chi connectivity index (χ3n) is 4.81. The number of nitrogens with one attached hydrogen (secondary N) is 2. The molecule has 1 unspecified atom stereocenters. The highest BCUT2D eigenvalue weighted by Crippen LogP contribution is 2.26. The fourth-order valence-electron chi connectivity index (χ4n) is 3.08. The first-order chi connectivity index (χ1) is 14.0. The number of anilines is 2. The molecule has 0 heterocycles. The van der Waals surface area contributed by atoms with Crippen LogP contribution in [-0.2, 0) is 14.8 Å². The lowest BCUT2D eigenvalue weighted by atomic mass is 10.1. The second-order valence-corrected chi connectivity index (χ2v) is 9.29. The molecule has 0 radical (unpaired) electrons. The van der Waals surface area contributed by atoms with Gasteiger partial charge in [0.1, 0.15) is 6.54 Å². The highest BCUT2D eigenvalue weighted by atomic mass is 32.2. The summed E-state index contributed by atoms with van der Waals surface area (Å²) in [6, 6.07) is 12.1. The van der Waals surface area contributed by atoms with Crippen LogP contribution in [0.15, 0.2) is 42.5 Å². The number of sulfonamides is 1. The number of carbonyl (C=O) groups excluding carboxylic acids is 2. The molecule has 30 heavy (non-hydrogen) atoms. The van der Waals surface area contributed by atoms with Gasteiger partial charge in [-0.3, -0.25) is 13.9 Å². The molecule has 2 aromatic carbocycles. The van der Waals surface area contributed by atoms with Crippen LogP contribution in [-0.4, -0.2) is 39.1 Å². The molecular weight excluding hydrogens is 402 g/mol. The van der Waals surface area contributed by atoms with Crippen molar-refractivity contribution >= 4 is 33.2 Å². The summed E-state index contributed by atoms with van der Waals surface area (Å²) in [5.74, 6) is -0.832. The van der Waals surface area contributed by atoms with Gasteiger partial charge in [-0.05, 0) is 50.5 Å². The summed E-state index contributed by atoms with van der Waals surface area (Å²) in [5, 5.41) is 5.56. The Balaban J connectivity index is 2.29. The molecule has 2 N–H and O–H groups in total. The van der Waals surface area contributed by atoms with Gasteiger partial charge in [-0.15, -0.1) is 0 Å². The molecule has 0 spiro atoms. The van der Waals surface area contributed by atoms with Crippen molar-refractivity contribution < 1.29 is 18.0 Å². The van der Waals surface area contributed by atoms with E-state index in [4.69, 9.17) is 0 Å². The molecule has 0 bridgehead atoms. The first-order valence-corrected chi connectivity index (χ1v) is 11.6. The van der Waals surface area contributed by atoms with Crippen molar-refractivity contribution in [3.63, 3.8) is 0 Å². The summed E-state index contributed by atoms with van der Waals surface area (Å²) in [6.45, 7) is 7.06. The molecule has 0 saturated carbocycles. The monoisotopic (exact) mass is 431 g/mol. The van der Waals surface area contributed by atoms with Crippen molar-refractivity contribution in [2.75, 3.05) is 22.4 Å². The van der Waals surface area contributed by atoms with Gasteiger partial charge in [-0.25, -0.2) is 8.42 Å². The SMILES string of the molecule is CCC(C)NC(=O)c1ccccc1NC(=O)CN(c1c(C)cccc1C)S(C)(=O)=O. The minimum atomic E-state index is -3.70. The van der Waals surface area contributed by atoms with E-state index in [9.17, 15) is 18.0 Å². The lowest BCUT2D eigenvalue weighted by Gasteiger charge is -2.25. The topological polar surface area (TPSA) is 95.6 Å². The van der Waals surface area contributed by atoms with Crippen LogP contribution in [0.1, 0.15) is 41.8 Å². The third-order valence-corrected chi connectivity index (χ3v) is 5.92. The van der Waals surface area contributed by atoms with Crippen LogP contribution >= 0.6 is 0 Å². The van der Waals surface area contributed by atoms with Crippen LogP contribution in [0.5, 0.6) is 0 Å². The molecule has 0 aliphatic heterocycles.